The molecule has 0 fully saturated rings. The highest BCUT2D eigenvalue weighted by molar-refractivity contribution is 6.36. The molecular formula is C22H12O6. The molecule has 0 atom stereocenters. The van der Waals surface area contributed by atoms with Crippen LogP contribution in [0.15, 0.2) is 48.5 Å². The predicted molar refractivity (Wildman–Crippen MR) is 105 cm³/mol. The number of hydrogen-bond acceptors (Lipinski definition) is 4. The molecule has 0 aliphatic carbocycles. The summed E-state index contributed by atoms with van der Waals surface area (Å²) < 4.78 is 0. The van der Waals surface area contributed by atoms with Crippen LogP contribution >= 0.6 is 0 Å². The number of carbonyl (C=O) groups is 2. The van der Waals surface area contributed by atoms with Crippen molar-refractivity contribution in [2.24, 2.45) is 0 Å². The molecule has 0 heterocycles. The fourth-order valence-electron chi connectivity index (χ4n) is 4.21. The summed E-state index contributed by atoms with van der Waals surface area (Å²) in [5.41, 5.74) is -0.0301. The molecule has 5 rings (SSSR count). The van der Waals surface area contributed by atoms with Crippen molar-refractivity contribution < 1.29 is 30.0 Å². The molecule has 0 bridgehead atoms. The quantitative estimate of drug-likeness (QED) is 0.267. The number of carboxylic acid groups (broad SMARTS) is 2. The van der Waals surface area contributed by atoms with E-state index in [2.05, 4.69) is 0 Å². The maximum atomic E-state index is 11.7. The van der Waals surface area contributed by atoms with Gasteiger partial charge in [-0.1, -0.05) is 24.3 Å². The Morgan fingerprint density at radius 3 is 1.14 bits per heavy atom. The summed E-state index contributed by atoms with van der Waals surface area (Å²) in [6.07, 6.45) is 0. The summed E-state index contributed by atoms with van der Waals surface area (Å²) in [6.45, 7) is 0. The van der Waals surface area contributed by atoms with Crippen molar-refractivity contribution in [3.63, 3.8) is 0 Å². The van der Waals surface area contributed by atoms with Crippen LogP contribution in [0, 0.1) is 0 Å². The van der Waals surface area contributed by atoms with Gasteiger partial charge < -0.3 is 20.4 Å². The van der Waals surface area contributed by atoms with Gasteiger partial charge in [0.2, 0.25) is 0 Å². The summed E-state index contributed by atoms with van der Waals surface area (Å²) in [6, 6.07) is 12.4. The number of benzene rings is 5. The Bertz CT molecular complexity index is 1350. The lowest BCUT2D eigenvalue weighted by atomic mass is 9.86. The fourth-order valence-corrected chi connectivity index (χ4v) is 4.21. The SMILES string of the molecule is O=C(O)c1ccc2c3ccc(O)c4c(C(=O)O)ccc(c5ccc(O)c1c52)c43. The number of phenols is 2. The van der Waals surface area contributed by atoms with Gasteiger partial charge in [0.25, 0.3) is 0 Å². The average Bonchev–Trinajstić information content (AvgIpc) is 2.67. The zero-order valence-corrected chi connectivity index (χ0v) is 14.2. The molecule has 5 aromatic rings. The van der Waals surface area contributed by atoms with E-state index < -0.39 is 11.9 Å². The van der Waals surface area contributed by atoms with Crippen LogP contribution in [-0.2, 0) is 0 Å². The maximum absolute atomic E-state index is 11.7. The van der Waals surface area contributed by atoms with Crippen LogP contribution in [0.1, 0.15) is 20.7 Å². The van der Waals surface area contributed by atoms with Crippen LogP contribution in [0.4, 0.5) is 0 Å². The molecule has 0 amide bonds. The first-order valence-corrected chi connectivity index (χ1v) is 8.45. The van der Waals surface area contributed by atoms with Crippen molar-refractivity contribution in [3.8, 4) is 11.5 Å². The third-order valence-corrected chi connectivity index (χ3v) is 5.32. The molecule has 6 nitrogen and oxygen atoms in total. The van der Waals surface area contributed by atoms with Gasteiger partial charge in [-0.25, -0.2) is 9.59 Å². The van der Waals surface area contributed by atoms with Crippen molar-refractivity contribution in [3.05, 3.63) is 59.7 Å². The zero-order chi connectivity index (χ0) is 19.7. The van der Waals surface area contributed by atoms with Gasteiger partial charge in [0, 0.05) is 21.5 Å². The van der Waals surface area contributed by atoms with Crippen LogP contribution in [0.3, 0.4) is 0 Å². The van der Waals surface area contributed by atoms with Crippen molar-refractivity contribution in [2.75, 3.05) is 0 Å². The number of aromatic hydroxyl groups is 2. The maximum Gasteiger partial charge on any atom is 0.336 e. The predicted octanol–water partition coefficient (Wildman–Crippen LogP) is 4.54. The van der Waals surface area contributed by atoms with E-state index in [9.17, 15) is 30.0 Å². The van der Waals surface area contributed by atoms with E-state index in [0.29, 0.717) is 32.3 Å². The van der Waals surface area contributed by atoms with E-state index in [1.165, 1.54) is 24.3 Å². The number of rotatable bonds is 2. The molecule has 0 aliphatic heterocycles. The molecule has 0 spiro atoms. The highest BCUT2D eigenvalue weighted by Gasteiger charge is 2.22. The van der Waals surface area contributed by atoms with Crippen molar-refractivity contribution >= 4 is 55.0 Å². The second-order valence-electron chi connectivity index (χ2n) is 6.70. The van der Waals surface area contributed by atoms with Gasteiger partial charge >= 0.3 is 11.9 Å². The van der Waals surface area contributed by atoms with Crippen LogP contribution in [0.2, 0.25) is 0 Å². The molecule has 136 valence electrons. The molecule has 0 saturated heterocycles. The first kappa shape index (κ1) is 16.1. The van der Waals surface area contributed by atoms with Crippen molar-refractivity contribution in [1.82, 2.24) is 0 Å². The minimum absolute atomic E-state index is 0.0151. The summed E-state index contributed by atoms with van der Waals surface area (Å²) in [7, 11) is 0. The molecule has 4 N–H and O–H groups in total. The Morgan fingerprint density at radius 2 is 0.821 bits per heavy atom. The molecule has 0 saturated carbocycles. The molecule has 0 unspecified atom stereocenters. The molecule has 0 radical (unpaired) electrons. The van der Waals surface area contributed by atoms with E-state index in [1.807, 2.05) is 0 Å². The first-order chi connectivity index (χ1) is 13.4. The van der Waals surface area contributed by atoms with Gasteiger partial charge in [0.15, 0.2) is 0 Å². The van der Waals surface area contributed by atoms with E-state index in [1.54, 1.807) is 24.3 Å². The Labute approximate surface area is 156 Å². The van der Waals surface area contributed by atoms with E-state index in [0.717, 1.165) is 0 Å². The standard InChI is InChI=1S/C22H12O6/c23-15-8-6-12-10-2-4-14(22(27)28)20-16(24)7-5-11(18(10)20)9-1-3-13(21(25)26)19(15)17(9)12/h1-8,23-24H,(H,25,26)(H,27,28). The Morgan fingerprint density at radius 1 is 0.500 bits per heavy atom. The Kier molecular flexibility index (Phi) is 3.02. The van der Waals surface area contributed by atoms with E-state index in [-0.39, 0.29) is 33.4 Å². The summed E-state index contributed by atoms with van der Waals surface area (Å²) in [5, 5.41) is 44.2. The van der Waals surface area contributed by atoms with Gasteiger partial charge in [0.05, 0.1) is 11.1 Å². The Balaban J connectivity index is 2.18. The van der Waals surface area contributed by atoms with Gasteiger partial charge in [0.1, 0.15) is 11.5 Å². The minimum Gasteiger partial charge on any atom is -0.507 e. The first-order valence-electron chi connectivity index (χ1n) is 8.45. The van der Waals surface area contributed by atoms with Crippen LogP contribution in [0.5, 0.6) is 11.5 Å². The lowest BCUT2D eigenvalue weighted by Gasteiger charge is -2.17. The zero-order valence-electron chi connectivity index (χ0n) is 14.2. The topological polar surface area (TPSA) is 115 Å². The minimum atomic E-state index is -1.15. The Hall–Kier alpha value is -4.06. The molecule has 5 aromatic carbocycles. The lowest BCUT2D eigenvalue weighted by Crippen LogP contribution is -2.00. The number of aromatic carboxylic acids is 2. The third-order valence-electron chi connectivity index (χ3n) is 5.32. The van der Waals surface area contributed by atoms with Crippen LogP contribution in [0.25, 0.3) is 43.1 Å². The molecule has 0 aliphatic rings. The summed E-state index contributed by atoms with van der Waals surface area (Å²) >= 11 is 0. The molecular weight excluding hydrogens is 360 g/mol. The van der Waals surface area contributed by atoms with Gasteiger partial charge in [-0.3, -0.25) is 0 Å². The number of carboxylic acids is 2. The van der Waals surface area contributed by atoms with Crippen molar-refractivity contribution in [2.45, 2.75) is 0 Å². The lowest BCUT2D eigenvalue weighted by molar-refractivity contribution is 0.0688. The normalized spacial score (nSPS) is 11.7. The summed E-state index contributed by atoms with van der Waals surface area (Å²) in [4.78, 5) is 23.4. The second-order valence-corrected chi connectivity index (χ2v) is 6.70. The molecule has 28 heavy (non-hydrogen) atoms. The highest BCUT2D eigenvalue weighted by Crippen LogP contribution is 2.46. The second kappa shape index (κ2) is 5.23. The van der Waals surface area contributed by atoms with Gasteiger partial charge in [-0.2, -0.15) is 0 Å². The van der Waals surface area contributed by atoms with E-state index in [4.69, 9.17) is 0 Å². The molecule has 6 heteroatoms. The van der Waals surface area contributed by atoms with Gasteiger partial charge in [-0.15, -0.1) is 0 Å². The van der Waals surface area contributed by atoms with Gasteiger partial charge in [-0.05, 0) is 45.8 Å². The average molecular weight is 372 g/mol. The highest BCUT2D eigenvalue weighted by atomic mass is 16.4. The van der Waals surface area contributed by atoms with Crippen LogP contribution < -0.4 is 0 Å². The summed E-state index contributed by atoms with van der Waals surface area (Å²) in [5.74, 6) is -2.58. The largest absolute Gasteiger partial charge is 0.507 e. The monoisotopic (exact) mass is 372 g/mol. The number of phenolic OH excluding ortho intramolecular Hbond substituents is 2. The third kappa shape index (κ3) is 1.86. The number of hydrogen-bond donors (Lipinski definition) is 4. The van der Waals surface area contributed by atoms with Crippen LogP contribution in [-0.4, -0.2) is 32.4 Å². The van der Waals surface area contributed by atoms with E-state index >= 15 is 0 Å². The fraction of sp³-hybridized carbons (Fsp3) is 0. The van der Waals surface area contributed by atoms with Crippen molar-refractivity contribution in [1.29, 1.82) is 0 Å². The number of fused-ring (bicyclic) bond motifs is 2. The molecule has 0 aromatic heterocycles. The smallest absolute Gasteiger partial charge is 0.336 e.